The molecule has 0 aliphatic heterocycles. The van der Waals surface area contributed by atoms with Crippen LogP contribution in [-0.4, -0.2) is 14.8 Å². The van der Waals surface area contributed by atoms with Gasteiger partial charge in [0.25, 0.3) is 6.43 Å². The molecule has 0 spiro atoms. The third-order valence-electron chi connectivity index (χ3n) is 3.86. The average Bonchev–Trinajstić information content (AvgIpc) is 3.08. The van der Waals surface area contributed by atoms with E-state index in [1.165, 1.54) is 6.07 Å². The number of fused-ring (bicyclic) bond motifs is 1. The first-order valence-corrected chi connectivity index (χ1v) is 8.56. The van der Waals surface area contributed by atoms with E-state index < -0.39 is 6.43 Å². The maximum absolute atomic E-state index is 13.6. The minimum atomic E-state index is -2.54. The highest BCUT2D eigenvalue weighted by Crippen LogP contribution is 2.35. The van der Waals surface area contributed by atoms with Gasteiger partial charge in [-0.25, -0.2) is 18.4 Å². The lowest BCUT2D eigenvalue weighted by molar-refractivity contribution is 0.153. The second kappa shape index (κ2) is 6.35. The Morgan fingerprint density at radius 1 is 1.26 bits per heavy atom. The number of hydrogen-bond donors (Lipinski definition) is 0. The molecule has 0 aliphatic rings. The van der Waals surface area contributed by atoms with Crippen molar-refractivity contribution in [2.45, 2.75) is 46.6 Å². The van der Waals surface area contributed by atoms with Crippen molar-refractivity contribution < 1.29 is 8.78 Å². The van der Waals surface area contributed by atoms with Crippen molar-refractivity contribution in [3.63, 3.8) is 0 Å². The van der Waals surface area contributed by atoms with E-state index in [1.807, 2.05) is 19.1 Å². The van der Waals surface area contributed by atoms with Crippen LogP contribution in [0.1, 0.15) is 42.3 Å². The molecule has 3 rings (SSSR count). The van der Waals surface area contributed by atoms with Crippen molar-refractivity contribution in [1.82, 2.24) is 14.8 Å². The molecule has 3 nitrogen and oxygen atoms in total. The summed E-state index contributed by atoms with van der Waals surface area (Å²) in [6, 6.07) is 5.42. The Balaban J connectivity index is 2.23. The van der Waals surface area contributed by atoms with Crippen LogP contribution in [0.25, 0.3) is 21.6 Å². The first kappa shape index (κ1) is 16.1. The number of aromatic nitrogens is 3. The standard InChI is InChI=1S/C17H19F2N3S/c1-4-5-8-22-17-15(11(3)21-22)12(16(18)19)9-13(20-17)14-7-6-10(2)23-14/h6-7,9,16H,4-5,8H2,1-3H3. The minimum absolute atomic E-state index is 0.0244. The summed E-state index contributed by atoms with van der Waals surface area (Å²) in [6.45, 7) is 6.56. The number of nitrogens with zero attached hydrogens (tertiary/aromatic N) is 3. The van der Waals surface area contributed by atoms with Gasteiger partial charge in [0.15, 0.2) is 5.65 Å². The molecule has 0 saturated heterocycles. The van der Waals surface area contributed by atoms with Crippen LogP contribution in [0.2, 0.25) is 0 Å². The lowest BCUT2D eigenvalue weighted by Gasteiger charge is -2.07. The van der Waals surface area contributed by atoms with Gasteiger partial charge in [0.1, 0.15) is 0 Å². The molecule has 6 heteroatoms. The van der Waals surface area contributed by atoms with Gasteiger partial charge in [-0.2, -0.15) is 5.10 Å². The molecule has 0 atom stereocenters. The van der Waals surface area contributed by atoms with Gasteiger partial charge in [-0.3, -0.25) is 0 Å². The van der Waals surface area contributed by atoms with Crippen LogP contribution in [0.3, 0.4) is 0 Å². The van der Waals surface area contributed by atoms with Gasteiger partial charge >= 0.3 is 0 Å². The lowest BCUT2D eigenvalue weighted by atomic mass is 10.1. The summed E-state index contributed by atoms with van der Waals surface area (Å²) in [5.74, 6) is 0. The number of thiophene rings is 1. The summed E-state index contributed by atoms with van der Waals surface area (Å²) in [6.07, 6.45) is -0.571. The Labute approximate surface area is 138 Å². The van der Waals surface area contributed by atoms with Gasteiger partial charge in [-0.05, 0) is 38.5 Å². The van der Waals surface area contributed by atoms with Crippen molar-refractivity contribution in [1.29, 1.82) is 0 Å². The zero-order valence-electron chi connectivity index (χ0n) is 13.4. The van der Waals surface area contributed by atoms with Gasteiger partial charge in [0.05, 0.1) is 21.7 Å². The van der Waals surface area contributed by atoms with Crippen molar-refractivity contribution in [3.8, 4) is 10.6 Å². The fraction of sp³-hybridized carbons (Fsp3) is 0.412. The highest BCUT2D eigenvalue weighted by Gasteiger charge is 2.21. The zero-order valence-corrected chi connectivity index (χ0v) is 14.3. The van der Waals surface area contributed by atoms with E-state index in [2.05, 4.69) is 17.0 Å². The lowest BCUT2D eigenvalue weighted by Crippen LogP contribution is -2.02. The smallest absolute Gasteiger partial charge is 0.247 e. The Hall–Kier alpha value is -1.82. The maximum Gasteiger partial charge on any atom is 0.264 e. The quantitative estimate of drug-likeness (QED) is 0.615. The molecule has 122 valence electrons. The highest BCUT2D eigenvalue weighted by molar-refractivity contribution is 7.15. The third-order valence-corrected chi connectivity index (χ3v) is 4.88. The Bertz CT molecular complexity index is 836. The molecule has 3 aromatic rings. The molecule has 0 radical (unpaired) electrons. The fourth-order valence-corrected chi connectivity index (χ4v) is 3.55. The van der Waals surface area contributed by atoms with E-state index >= 15 is 0 Å². The van der Waals surface area contributed by atoms with E-state index in [-0.39, 0.29) is 5.56 Å². The molecule has 0 amide bonds. The molecule has 23 heavy (non-hydrogen) atoms. The first-order chi connectivity index (χ1) is 11.0. The maximum atomic E-state index is 13.6. The molecule has 0 bridgehead atoms. The molecule has 0 fully saturated rings. The van der Waals surface area contributed by atoms with Crippen molar-refractivity contribution in [2.75, 3.05) is 0 Å². The number of rotatable bonds is 5. The second-order valence-corrected chi connectivity index (χ2v) is 6.96. The Kier molecular flexibility index (Phi) is 4.43. The van der Waals surface area contributed by atoms with Crippen LogP contribution in [0, 0.1) is 13.8 Å². The molecule has 3 heterocycles. The summed E-state index contributed by atoms with van der Waals surface area (Å²) in [7, 11) is 0. The Morgan fingerprint density at radius 3 is 2.65 bits per heavy atom. The van der Waals surface area contributed by atoms with Gasteiger partial charge in [0.2, 0.25) is 0 Å². The van der Waals surface area contributed by atoms with E-state index in [0.29, 0.717) is 29.0 Å². The number of pyridine rings is 1. The van der Waals surface area contributed by atoms with Gasteiger partial charge in [-0.1, -0.05) is 13.3 Å². The van der Waals surface area contributed by atoms with Crippen LogP contribution >= 0.6 is 11.3 Å². The summed E-state index contributed by atoms with van der Waals surface area (Å²) >= 11 is 1.56. The highest BCUT2D eigenvalue weighted by atomic mass is 32.1. The van der Waals surface area contributed by atoms with Crippen LogP contribution in [0.15, 0.2) is 18.2 Å². The second-order valence-electron chi connectivity index (χ2n) is 5.67. The fourth-order valence-electron chi connectivity index (χ4n) is 2.72. The number of unbranched alkanes of at least 4 members (excludes halogenated alkanes) is 1. The number of alkyl halides is 2. The van der Waals surface area contributed by atoms with E-state index in [1.54, 1.807) is 22.9 Å². The minimum Gasteiger partial charge on any atom is -0.247 e. The predicted molar refractivity (Wildman–Crippen MR) is 90.2 cm³/mol. The third kappa shape index (κ3) is 3.00. The normalized spacial score (nSPS) is 11.7. The van der Waals surface area contributed by atoms with Crippen LogP contribution in [0.5, 0.6) is 0 Å². The van der Waals surface area contributed by atoms with Crippen LogP contribution < -0.4 is 0 Å². The summed E-state index contributed by atoms with van der Waals surface area (Å²) in [5.41, 5.74) is 1.81. The molecule has 0 aliphatic carbocycles. The predicted octanol–water partition coefficient (Wildman–Crippen LogP) is 5.51. The van der Waals surface area contributed by atoms with Crippen LogP contribution in [0.4, 0.5) is 8.78 Å². The molecule has 0 aromatic carbocycles. The molecular formula is C17H19F2N3S. The molecule has 0 unspecified atom stereocenters. The van der Waals surface area contributed by atoms with Crippen molar-refractivity contribution >= 4 is 22.4 Å². The molecule has 0 N–H and O–H groups in total. The van der Waals surface area contributed by atoms with E-state index in [0.717, 1.165) is 22.6 Å². The first-order valence-electron chi connectivity index (χ1n) is 7.74. The van der Waals surface area contributed by atoms with Gasteiger partial charge in [0, 0.05) is 17.0 Å². The van der Waals surface area contributed by atoms with Crippen molar-refractivity contribution in [2.24, 2.45) is 0 Å². The topological polar surface area (TPSA) is 30.7 Å². The SMILES string of the molecule is CCCCn1nc(C)c2c(C(F)F)cc(-c3ccc(C)s3)nc21. The molecule has 0 saturated carbocycles. The largest absolute Gasteiger partial charge is 0.264 e. The summed E-state index contributed by atoms with van der Waals surface area (Å²) < 4.78 is 28.9. The number of aryl methyl sites for hydroxylation is 3. The monoisotopic (exact) mass is 335 g/mol. The zero-order chi connectivity index (χ0) is 16.6. The van der Waals surface area contributed by atoms with Gasteiger partial charge < -0.3 is 0 Å². The van der Waals surface area contributed by atoms with Gasteiger partial charge in [-0.15, -0.1) is 11.3 Å². The van der Waals surface area contributed by atoms with Crippen molar-refractivity contribution in [3.05, 3.63) is 34.3 Å². The van der Waals surface area contributed by atoms with E-state index in [4.69, 9.17) is 0 Å². The number of hydrogen-bond acceptors (Lipinski definition) is 3. The summed E-state index contributed by atoms with van der Waals surface area (Å²) in [5, 5.41) is 4.93. The summed E-state index contributed by atoms with van der Waals surface area (Å²) in [4.78, 5) is 6.70. The Morgan fingerprint density at radius 2 is 2.04 bits per heavy atom. The average molecular weight is 335 g/mol. The van der Waals surface area contributed by atoms with E-state index in [9.17, 15) is 8.78 Å². The number of halogens is 2. The molecular weight excluding hydrogens is 316 g/mol. The van der Waals surface area contributed by atoms with Crippen LogP contribution in [-0.2, 0) is 6.54 Å². The molecule has 3 aromatic heterocycles.